The van der Waals surface area contributed by atoms with Crippen molar-refractivity contribution in [2.45, 2.75) is 26.1 Å². The number of halogens is 3. The van der Waals surface area contributed by atoms with Crippen LogP contribution in [0.1, 0.15) is 40.0 Å². The van der Waals surface area contributed by atoms with Crippen LogP contribution < -0.4 is 10.2 Å². The Morgan fingerprint density at radius 1 is 1.33 bits per heavy atom. The van der Waals surface area contributed by atoms with Crippen molar-refractivity contribution in [3.05, 3.63) is 52.8 Å². The van der Waals surface area contributed by atoms with Gasteiger partial charge in [0.2, 0.25) is 0 Å². The first kappa shape index (κ1) is 22.0. The number of hydrogen-bond acceptors (Lipinski definition) is 10. The Kier molecular flexibility index (Phi) is 5.82. The Balaban J connectivity index is 1.55. The topological polar surface area (TPSA) is 130 Å². The van der Waals surface area contributed by atoms with Crippen molar-refractivity contribution >= 4 is 23.5 Å². The molecule has 2 aromatic heterocycles. The lowest BCUT2D eigenvalue weighted by molar-refractivity contribution is -0.137. The van der Waals surface area contributed by atoms with E-state index in [2.05, 4.69) is 25.5 Å². The van der Waals surface area contributed by atoms with Gasteiger partial charge < -0.3 is 14.1 Å². The third-order valence-corrected chi connectivity index (χ3v) is 4.90. The van der Waals surface area contributed by atoms with E-state index in [1.54, 1.807) is 17.9 Å². The monoisotopic (exact) mass is 459 g/mol. The van der Waals surface area contributed by atoms with Crippen LogP contribution in [-0.4, -0.2) is 39.3 Å². The zero-order chi connectivity index (χ0) is 23.6. The van der Waals surface area contributed by atoms with Gasteiger partial charge in [0.1, 0.15) is 12.1 Å². The number of carbonyl (C=O) groups excluding carboxylic acids is 1. The van der Waals surface area contributed by atoms with Gasteiger partial charge in [0.05, 0.1) is 36.0 Å². The Labute approximate surface area is 185 Å². The molecule has 0 bridgehead atoms. The zero-order valence-corrected chi connectivity index (χ0v) is 17.2. The van der Waals surface area contributed by atoms with E-state index in [-0.39, 0.29) is 25.1 Å². The highest BCUT2D eigenvalue weighted by molar-refractivity contribution is 5.84. The van der Waals surface area contributed by atoms with Gasteiger partial charge in [-0.2, -0.15) is 18.4 Å². The third-order valence-electron chi connectivity index (χ3n) is 4.90. The first-order valence-electron chi connectivity index (χ1n) is 9.76. The normalized spacial score (nSPS) is 13.2. The van der Waals surface area contributed by atoms with E-state index in [4.69, 9.17) is 14.4 Å². The predicted octanol–water partition coefficient (Wildman–Crippen LogP) is 3.23. The molecule has 0 unspecified atom stereocenters. The summed E-state index contributed by atoms with van der Waals surface area (Å²) in [7, 11) is 0. The second-order valence-corrected chi connectivity index (χ2v) is 6.92. The molecule has 33 heavy (non-hydrogen) atoms. The zero-order valence-electron chi connectivity index (χ0n) is 17.2. The van der Waals surface area contributed by atoms with E-state index in [0.717, 1.165) is 17.7 Å². The molecule has 170 valence electrons. The maximum atomic E-state index is 13.3. The molecule has 10 nitrogen and oxygen atoms in total. The molecule has 0 saturated carbocycles. The molecule has 1 aliphatic heterocycles. The molecule has 3 heterocycles. The standard InChI is InChI=1S/C20H16F3N7O3/c1-2-32-18(31)17-28-29-19(33-17)27-16-13-5-6-30(9-15(13)25-10-26-16)12-4-3-11(8-24)14(7-12)20(21,22)23/h3-4,7,10H,2,5-6,9H2,1H3,(H,25,26,27,29). The largest absolute Gasteiger partial charge is 0.459 e. The number of benzene rings is 1. The highest BCUT2D eigenvalue weighted by Gasteiger charge is 2.34. The van der Waals surface area contributed by atoms with Crippen LogP contribution in [0.5, 0.6) is 0 Å². The first-order valence-corrected chi connectivity index (χ1v) is 9.76. The molecule has 0 saturated heterocycles. The maximum absolute atomic E-state index is 13.3. The molecule has 13 heteroatoms. The van der Waals surface area contributed by atoms with Crippen molar-refractivity contribution in [1.29, 1.82) is 5.26 Å². The number of rotatable bonds is 5. The number of carbonyl (C=O) groups is 1. The highest BCUT2D eigenvalue weighted by atomic mass is 19.4. The van der Waals surface area contributed by atoms with Crippen LogP contribution in [0.25, 0.3) is 0 Å². The molecular formula is C20H16F3N7O3. The fourth-order valence-electron chi connectivity index (χ4n) is 3.39. The number of fused-ring (bicyclic) bond motifs is 1. The summed E-state index contributed by atoms with van der Waals surface area (Å²) in [6.07, 6.45) is -2.92. The van der Waals surface area contributed by atoms with E-state index in [9.17, 15) is 18.0 Å². The molecule has 3 aromatic rings. The number of ether oxygens (including phenoxy) is 1. The molecule has 0 fully saturated rings. The van der Waals surface area contributed by atoms with Crippen molar-refractivity contribution in [3.8, 4) is 6.07 Å². The Morgan fingerprint density at radius 3 is 2.88 bits per heavy atom. The van der Waals surface area contributed by atoms with Crippen LogP contribution >= 0.6 is 0 Å². The van der Waals surface area contributed by atoms with Crippen LogP contribution in [0.2, 0.25) is 0 Å². The Hall–Kier alpha value is -4.21. The fraction of sp³-hybridized carbons (Fsp3) is 0.300. The van der Waals surface area contributed by atoms with Crippen molar-refractivity contribution in [2.24, 2.45) is 0 Å². The number of aromatic nitrogens is 4. The van der Waals surface area contributed by atoms with E-state index < -0.39 is 23.3 Å². The number of nitriles is 1. The molecule has 0 amide bonds. The maximum Gasteiger partial charge on any atom is 0.417 e. The molecule has 1 aromatic carbocycles. The SMILES string of the molecule is CCOC(=O)c1nnc(Nc2ncnc3c2CCN(c2ccc(C#N)c(C(F)(F)F)c2)C3)o1. The van der Waals surface area contributed by atoms with Crippen molar-refractivity contribution in [2.75, 3.05) is 23.4 Å². The first-order chi connectivity index (χ1) is 15.8. The van der Waals surface area contributed by atoms with Crippen LogP contribution in [0, 0.1) is 11.3 Å². The third kappa shape index (κ3) is 4.54. The van der Waals surface area contributed by atoms with E-state index in [0.29, 0.717) is 30.2 Å². The van der Waals surface area contributed by atoms with Gasteiger partial charge in [-0.1, -0.05) is 10.2 Å². The summed E-state index contributed by atoms with van der Waals surface area (Å²) in [6, 6.07) is 5.13. The molecule has 1 N–H and O–H groups in total. The second-order valence-electron chi connectivity index (χ2n) is 6.92. The minimum absolute atomic E-state index is 0.0664. The average Bonchev–Trinajstić information content (AvgIpc) is 3.27. The van der Waals surface area contributed by atoms with Gasteiger partial charge in [-0.3, -0.25) is 5.32 Å². The van der Waals surface area contributed by atoms with Gasteiger partial charge in [0.25, 0.3) is 0 Å². The van der Waals surface area contributed by atoms with E-state index in [1.807, 2.05) is 0 Å². The molecule has 0 spiro atoms. The van der Waals surface area contributed by atoms with E-state index in [1.165, 1.54) is 12.4 Å². The van der Waals surface area contributed by atoms with Crippen molar-refractivity contribution in [1.82, 2.24) is 20.2 Å². The summed E-state index contributed by atoms with van der Waals surface area (Å²) in [4.78, 5) is 21.8. The van der Waals surface area contributed by atoms with Crippen LogP contribution in [0.15, 0.2) is 28.9 Å². The van der Waals surface area contributed by atoms with Crippen LogP contribution in [0.4, 0.5) is 30.7 Å². The van der Waals surface area contributed by atoms with Gasteiger partial charge in [-0.05, 0) is 31.5 Å². The molecule has 4 rings (SSSR count). The summed E-state index contributed by atoms with van der Waals surface area (Å²) in [5.41, 5.74) is 0.249. The second kappa shape index (κ2) is 8.73. The predicted molar refractivity (Wildman–Crippen MR) is 106 cm³/mol. The number of hydrogen-bond donors (Lipinski definition) is 1. The highest BCUT2D eigenvalue weighted by Crippen LogP contribution is 2.36. The molecule has 0 radical (unpaired) electrons. The summed E-state index contributed by atoms with van der Waals surface area (Å²) in [5.74, 6) is -0.677. The summed E-state index contributed by atoms with van der Waals surface area (Å²) in [6.45, 7) is 2.42. The lowest BCUT2D eigenvalue weighted by Gasteiger charge is -2.31. The van der Waals surface area contributed by atoms with Gasteiger partial charge in [-0.25, -0.2) is 14.8 Å². The Bertz CT molecular complexity index is 1240. The van der Waals surface area contributed by atoms with Gasteiger partial charge in [-0.15, -0.1) is 0 Å². The molecular weight excluding hydrogens is 443 g/mol. The van der Waals surface area contributed by atoms with Gasteiger partial charge in [0, 0.05) is 17.8 Å². The lowest BCUT2D eigenvalue weighted by Crippen LogP contribution is -2.32. The average molecular weight is 459 g/mol. The van der Waals surface area contributed by atoms with Gasteiger partial charge >= 0.3 is 24.1 Å². The fourth-order valence-corrected chi connectivity index (χ4v) is 3.39. The minimum Gasteiger partial charge on any atom is -0.459 e. The minimum atomic E-state index is -4.64. The molecule has 1 aliphatic rings. The lowest BCUT2D eigenvalue weighted by atomic mass is 10.0. The number of alkyl halides is 3. The molecule has 0 aliphatic carbocycles. The van der Waals surface area contributed by atoms with Crippen LogP contribution in [-0.2, 0) is 23.9 Å². The summed E-state index contributed by atoms with van der Waals surface area (Å²) in [5, 5.41) is 19.2. The number of esters is 1. The van der Waals surface area contributed by atoms with Crippen molar-refractivity contribution in [3.63, 3.8) is 0 Å². The number of anilines is 3. The smallest absolute Gasteiger partial charge is 0.417 e. The summed E-state index contributed by atoms with van der Waals surface area (Å²) >= 11 is 0. The van der Waals surface area contributed by atoms with E-state index >= 15 is 0 Å². The number of nitrogens with one attached hydrogen (secondary N) is 1. The quantitative estimate of drug-likeness (QED) is 0.568. The number of nitrogens with zero attached hydrogens (tertiary/aromatic N) is 6. The molecule has 0 atom stereocenters. The Morgan fingerprint density at radius 2 is 2.15 bits per heavy atom. The van der Waals surface area contributed by atoms with Gasteiger partial charge in [0.15, 0.2) is 0 Å². The van der Waals surface area contributed by atoms with Crippen LogP contribution in [0.3, 0.4) is 0 Å². The van der Waals surface area contributed by atoms with Crippen molar-refractivity contribution < 1.29 is 27.1 Å². The summed E-state index contributed by atoms with van der Waals surface area (Å²) < 4.78 is 50.0.